The monoisotopic (exact) mass is 293 g/mol. The first-order valence-corrected chi connectivity index (χ1v) is 7.03. The standard InChI is InChI=1S/C13H11NO5S/c15-9(6-14-12(16)3-4-20-13(14)17)8-1-2-10-11(5-8)19-7-18-10/h1-2,5H,3-4,6-7H2. The molecule has 0 unspecified atom stereocenters. The van der Waals surface area contributed by atoms with Gasteiger partial charge in [-0.25, -0.2) is 0 Å². The van der Waals surface area contributed by atoms with E-state index in [9.17, 15) is 14.4 Å². The van der Waals surface area contributed by atoms with Gasteiger partial charge in [0.1, 0.15) is 0 Å². The van der Waals surface area contributed by atoms with E-state index in [1.165, 1.54) is 0 Å². The van der Waals surface area contributed by atoms with Gasteiger partial charge in [-0.2, -0.15) is 0 Å². The Morgan fingerprint density at radius 1 is 1.25 bits per heavy atom. The third kappa shape index (κ3) is 2.36. The van der Waals surface area contributed by atoms with Crippen molar-refractivity contribution in [1.82, 2.24) is 4.90 Å². The van der Waals surface area contributed by atoms with Gasteiger partial charge in [0.15, 0.2) is 17.3 Å². The fraction of sp³-hybridized carbons (Fsp3) is 0.308. The first kappa shape index (κ1) is 13.0. The average molecular weight is 293 g/mol. The minimum Gasteiger partial charge on any atom is -0.454 e. The summed E-state index contributed by atoms with van der Waals surface area (Å²) in [5.74, 6) is 0.964. The lowest BCUT2D eigenvalue weighted by Crippen LogP contribution is -2.41. The van der Waals surface area contributed by atoms with Crippen LogP contribution in [0.2, 0.25) is 0 Å². The molecule has 1 aromatic carbocycles. The molecule has 20 heavy (non-hydrogen) atoms. The Morgan fingerprint density at radius 3 is 2.85 bits per heavy atom. The van der Waals surface area contributed by atoms with Crippen LogP contribution in [0.15, 0.2) is 18.2 Å². The summed E-state index contributed by atoms with van der Waals surface area (Å²) >= 11 is 1.06. The Kier molecular flexibility index (Phi) is 3.35. The van der Waals surface area contributed by atoms with Crippen LogP contribution in [0.5, 0.6) is 11.5 Å². The van der Waals surface area contributed by atoms with E-state index < -0.39 is 0 Å². The molecule has 6 nitrogen and oxygen atoms in total. The largest absolute Gasteiger partial charge is 0.454 e. The molecule has 2 heterocycles. The number of hydrogen-bond donors (Lipinski definition) is 0. The van der Waals surface area contributed by atoms with E-state index >= 15 is 0 Å². The maximum Gasteiger partial charge on any atom is 0.288 e. The van der Waals surface area contributed by atoms with Crippen molar-refractivity contribution in [1.29, 1.82) is 0 Å². The minimum absolute atomic E-state index is 0.132. The summed E-state index contributed by atoms with van der Waals surface area (Å²) in [6, 6.07) is 4.81. The molecular weight excluding hydrogens is 282 g/mol. The summed E-state index contributed by atoms with van der Waals surface area (Å²) in [4.78, 5) is 36.4. The van der Waals surface area contributed by atoms with Crippen LogP contribution in [0, 0.1) is 0 Å². The Balaban J connectivity index is 1.76. The molecule has 1 saturated heterocycles. The molecule has 0 aliphatic carbocycles. The predicted molar refractivity (Wildman–Crippen MR) is 71.1 cm³/mol. The average Bonchev–Trinajstić information content (AvgIpc) is 2.90. The van der Waals surface area contributed by atoms with Gasteiger partial charge in [0.2, 0.25) is 12.7 Å². The van der Waals surface area contributed by atoms with Crippen molar-refractivity contribution in [2.45, 2.75) is 6.42 Å². The highest BCUT2D eigenvalue weighted by Crippen LogP contribution is 2.32. The van der Waals surface area contributed by atoms with Crippen molar-refractivity contribution >= 4 is 28.7 Å². The number of benzene rings is 1. The molecule has 3 rings (SSSR count). The van der Waals surface area contributed by atoms with E-state index in [-0.39, 0.29) is 36.7 Å². The zero-order valence-corrected chi connectivity index (χ0v) is 11.3. The molecule has 0 N–H and O–H groups in total. The van der Waals surface area contributed by atoms with Crippen LogP contribution in [0.3, 0.4) is 0 Å². The van der Waals surface area contributed by atoms with Gasteiger partial charge in [0, 0.05) is 17.7 Å². The number of hydrogen-bond acceptors (Lipinski definition) is 6. The van der Waals surface area contributed by atoms with Crippen LogP contribution in [-0.4, -0.2) is 40.9 Å². The van der Waals surface area contributed by atoms with E-state index in [1.54, 1.807) is 18.2 Å². The number of amides is 2. The molecule has 2 aliphatic rings. The van der Waals surface area contributed by atoms with Gasteiger partial charge in [-0.1, -0.05) is 11.8 Å². The molecule has 7 heteroatoms. The van der Waals surface area contributed by atoms with Crippen LogP contribution in [0.1, 0.15) is 16.8 Å². The number of thioether (sulfide) groups is 1. The van der Waals surface area contributed by atoms with Crippen molar-refractivity contribution in [2.75, 3.05) is 19.1 Å². The Morgan fingerprint density at radius 2 is 2.05 bits per heavy atom. The second kappa shape index (κ2) is 5.16. The van der Waals surface area contributed by atoms with Crippen molar-refractivity contribution in [3.63, 3.8) is 0 Å². The molecule has 2 aliphatic heterocycles. The van der Waals surface area contributed by atoms with E-state index in [4.69, 9.17) is 9.47 Å². The molecule has 2 amide bonds. The zero-order valence-electron chi connectivity index (χ0n) is 10.5. The van der Waals surface area contributed by atoms with Crippen LogP contribution in [0.25, 0.3) is 0 Å². The lowest BCUT2D eigenvalue weighted by molar-refractivity contribution is -0.127. The maximum atomic E-state index is 12.2. The lowest BCUT2D eigenvalue weighted by atomic mass is 10.1. The molecule has 0 spiro atoms. The number of carbonyl (C=O) groups is 3. The number of ether oxygens (including phenoxy) is 2. The van der Waals surface area contributed by atoms with Gasteiger partial charge in [0.05, 0.1) is 6.54 Å². The molecule has 0 bridgehead atoms. The molecule has 0 aromatic heterocycles. The van der Waals surface area contributed by atoms with Crippen LogP contribution < -0.4 is 9.47 Å². The molecule has 0 radical (unpaired) electrons. The van der Waals surface area contributed by atoms with Gasteiger partial charge in [-0.15, -0.1) is 0 Å². The van der Waals surface area contributed by atoms with E-state index in [1.807, 2.05) is 0 Å². The number of ketones is 1. The number of fused-ring (bicyclic) bond motifs is 1. The van der Waals surface area contributed by atoms with Gasteiger partial charge < -0.3 is 9.47 Å². The first-order valence-electron chi connectivity index (χ1n) is 6.05. The van der Waals surface area contributed by atoms with Gasteiger partial charge in [0.25, 0.3) is 5.24 Å². The summed E-state index contributed by atoms with van der Waals surface area (Å²) in [7, 11) is 0. The maximum absolute atomic E-state index is 12.2. The summed E-state index contributed by atoms with van der Waals surface area (Å²) in [6.45, 7) is -0.100. The highest BCUT2D eigenvalue weighted by atomic mass is 32.2. The Bertz CT molecular complexity index is 584. The Labute approximate surface area is 119 Å². The van der Waals surface area contributed by atoms with Crippen LogP contribution in [0.4, 0.5) is 4.79 Å². The van der Waals surface area contributed by atoms with Crippen molar-refractivity contribution in [2.24, 2.45) is 0 Å². The topological polar surface area (TPSA) is 72.9 Å². The van der Waals surface area contributed by atoms with Crippen molar-refractivity contribution in [3.05, 3.63) is 23.8 Å². The normalized spacial score (nSPS) is 17.5. The molecule has 0 saturated carbocycles. The smallest absolute Gasteiger partial charge is 0.288 e. The molecule has 1 fully saturated rings. The quantitative estimate of drug-likeness (QED) is 0.790. The zero-order chi connectivity index (χ0) is 14.1. The third-order valence-electron chi connectivity index (χ3n) is 3.06. The highest BCUT2D eigenvalue weighted by Gasteiger charge is 2.29. The Hall–Kier alpha value is -2.02. The van der Waals surface area contributed by atoms with E-state index in [0.29, 0.717) is 22.8 Å². The number of nitrogens with zero attached hydrogens (tertiary/aromatic N) is 1. The number of rotatable bonds is 3. The van der Waals surface area contributed by atoms with Crippen molar-refractivity contribution in [3.8, 4) is 11.5 Å². The van der Waals surface area contributed by atoms with Crippen LogP contribution >= 0.6 is 11.8 Å². The number of Topliss-reactive ketones (excluding diaryl/α,β-unsaturated/α-hetero) is 1. The summed E-state index contributed by atoms with van der Waals surface area (Å²) in [5, 5.41) is -0.365. The fourth-order valence-electron chi connectivity index (χ4n) is 2.00. The first-order chi connectivity index (χ1) is 9.65. The minimum atomic E-state index is -0.365. The van der Waals surface area contributed by atoms with Gasteiger partial charge >= 0.3 is 0 Å². The molecular formula is C13H11NO5S. The number of imide groups is 1. The van der Waals surface area contributed by atoms with E-state index in [0.717, 1.165) is 16.7 Å². The van der Waals surface area contributed by atoms with Gasteiger partial charge in [-0.05, 0) is 18.2 Å². The van der Waals surface area contributed by atoms with Crippen molar-refractivity contribution < 1.29 is 23.9 Å². The molecule has 0 atom stereocenters. The molecule has 104 valence electrons. The van der Waals surface area contributed by atoms with Crippen LogP contribution in [-0.2, 0) is 4.79 Å². The predicted octanol–water partition coefficient (Wildman–Crippen LogP) is 1.68. The highest BCUT2D eigenvalue weighted by molar-refractivity contribution is 8.13. The lowest BCUT2D eigenvalue weighted by Gasteiger charge is -2.23. The third-order valence-corrected chi connectivity index (χ3v) is 3.93. The SMILES string of the molecule is O=C(CN1C(=O)CCSC1=O)c1ccc2c(c1)OCO2. The fourth-order valence-corrected chi connectivity index (χ4v) is 2.77. The molecule has 1 aromatic rings. The van der Waals surface area contributed by atoms with Gasteiger partial charge in [-0.3, -0.25) is 19.3 Å². The summed E-state index contributed by atoms with van der Waals surface area (Å²) < 4.78 is 10.4. The second-order valence-corrected chi connectivity index (χ2v) is 5.38. The summed E-state index contributed by atoms with van der Waals surface area (Å²) in [5.41, 5.74) is 0.394. The second-order valence-electron chi connectivity index (χ2n) is 4.34. The summed E-state index contributed by atoms with van der Waals surface area (Å²) in [6.07, 6.45) is 0.283. The van der Waals surface area contributed by atoms with E-state index in [2.05, 4.69) is 0 Å². The number of carbonyl (C=O) groups excluding carboxylic acids is 3.